The van der Waals surface area contributed by atoms with Crippen molar-refractivity contribution < 1.29 is 28.5 Å². The summed E-state index contributed by atoms with van der Waals surface area (Å²) in [6.45, 7) is 6.02. The Morgan fingerprint density at radius 1 is 1.30 bits per heavy atom. The van der Waals surface area contributed by atoms with Gasteiger partial charge in [-0.15, -0.1) is 0 Å². The van der Waals surface area contributed by atoms with Gasteiger partial charge in [0.05, 0.1) is 24.3 Å². The molecule has 0 radical (unpaired) electrons. The van der Waals surface area contributed by atoms with Gasteiger partial charge in [0.2, 0.25) is 6.79 Å². The first kappa shape index (κ1) is 19.5. The predicted octanol–water partition coefficient (Wildman–Crippen LogP) is 2.77. The van der Waals surface area contributed by atoms with Gasteiger partial charge in [0.1, 0.15) is 6.61 Å². The highest BCUT2D eigenvalue weighted by atomic mass is 79.9. The van der Waals surface area contributed by atoms with E-state index < -0.39 is 18.0 Å². The summed E-state index contributed by atoms with van der Waals surface area (Å²) in [7, 11) is 0. The largest absolute Gasteiger partial charge is 0.460 e. The molecule has 0 aromatic heterocycles. The zero-order chi connectivity index (χ0) is 19.6. The first-order chi connectivity index (χ1) is 12.9. The quantitative estimate of drug-likeness (QED) is 0.521. The van der Waals surface area contributed by atoms with Gasteiger partial charge in [-0.1, -0.05) is 15.9 Å². The number of carbonyl (C=O) groups excluding carboxylic acids is 2. The summed E-state index contributed by atoms with van der Waals surface area (Å²) in [5.74, 6) is 0.625. The molecule has 1 unspecified atom stereocenters. The molecule has 146 valence electrons. The van der Waals surface area contributed by atoms with E-state index in [0.717, 1.165) is 0 Å². The molecule has 1 aromatic carbocycles. The van der Waals surface area contributed by atoms with Crippen molar-refractivity contribution in [2.45, 2.75) is 32.9 Å². The third-order valence-corrected chi connectivity index (χ3v) is 4.75. The van der Waals surface area contributed by atoms with Crippen LogP contribution in [0.1, 0.15) is 32.4 Å². The number of benzene rings is 1. The second kappa shape index (κ2) is 8.18. The van der Waals surface area contributed by atoms with Crippen molar-refractivity contribution in [3.05, 3.63) is 33.4 Å². The maximum atomic E-state index is 12.7. The minimum Gasteiger partial charge on any atom is -0.460 e. The van der Waals surface area contributed by atoms with Crippen molar-refractivity contribution in [2.75, 3.05) is 20.0 Å². The van der Waals surface area contributed by atoms with E-state index in [1.165, 1.54) is 0 Å². The van der Waals surface area contributed by atoms with Crippen molar-refractivity contribution in [1.29, 1.82) is 0 Å². The highest BCUT2D eigenvalue weighted by molar-refractivity contribution is 9.10. The molecule has 1 aromatic rings. The number of nitrogens with one attached hydrogen (secondary N) is 2. The normalized spacial score (nSPS) is 18.4. The van der Waals surface area contributed by atoms with Gasteiger partial charge in [0, 0.05) is 10.2 Å². The number of hydrogen-bond acceptors (Lipinski definition) is 6. The minimum atomic E-state index is -0.693. The average molecular weight is 441 g/mol. The van der Waals surface area contributed by atoms with Crippen LogP contribution in [0.5, 0.6) is 11.5 Å². The van der Waals surface area contributed by atoms with E-state index in [1.807, 2.05) is 13.8 Å². The first-order valence-corrected chi connectivity index (χ1v) is 9.32. The molecular weight excluding hydrogens is 420 g/mol. The fourth-order valence-electron chi connectivity index (χ4n) is 2.85. The van der Waals surface area contributed by atoms with Crippen LogP contribution in [0.25, 0.3) is 0 Å². The molecule has 3 rings (SSSR count). The summed E-state index contributed by atoms with van der Waals surface area (Å²) in [4.78, 5) is 24.7. The van der Waals surface area contributed by atoms with E-state index in [9.17, 15) is 9.59 Å². The van der Waals surface area contributed by atoms with Crippen molar-refractivity contribution in [2.24, 2.45) is 0 Å². The lowest BCUT2D eigenvalue weighted by molar-refractivity contribution is -0.141. The molecule has 0 saturated heterocycles. The fraction of sp³-hybridized carbons (Fsp3) is 0.444. The predicted molar refractivity (Wildman–Crippen MR) is 99.4 cm³/mol. The topological polar surface area (TPSA) is 95.1 Å². The van der Waals surface area contributed by atoms with Gasteiger partial charge in [-0.05, 0) is 38.5 Å². The molecule has 9 heteroatoms. The number of carbonyl (C=O) groups is 2. The number of amides is 2. The summed E-state index contributed by atoms with van der Waals surface area (Å²) < 4.78 is 22.2. The molecule has 2 amide bonds. The van der Waals surface area contributed by atoms with Crippen LogP contribution in [0.2, 0.25) is 0 Å². The number of rotatable bonds is 6. The minimum absolute atomic E-state index is 0.0534. The molecule has 0 spiro atoms. The smallest absolute Gasteiger partial charge is 0.338 e. The standard InChI is InChI=1S/C18H21BrN2O6/c1-9(2)24-4-5-25-17(22)15-10(3)20-18(23)21-16(15)11-6-13-14(7-12(11)19)27-8-26-13/h6-7,9,16H,4-5,8H2,1-3H3,(H2,20,21,23). The van der Waals surface area contributed by atoms with Crippen molar-refractivity contribution in [3.8, 4) is 11.5 Å². The van der Waals surface area contributed by atoms with Crippen LogP contribution in [0.3, 0.4) is 0 Å². The lowest BCUT2D eigenvalue weighted by Gasteiger charge is -2.29. The van der Waals surface area contributed by atoms with E-state index in [4.69, 9.17) is 18.9 Å². The molecule has 27 heavy (non-hydrogen) atoms. The number of halogens is 1. The fourth-order valence-corrected chi connectivity index (χ4v) is 3.40. The van der Waals surface area contributed by atoms with Crippen LogP contribution >= 0.6 is 15.9 Å². The van der Waals surface area contributed by atoms with E-state index in [0.29, 0.717) is 39.4 Å². The van der Waals surface area contributed by atoms with E-state index >= 15 is 0 Å². The Balaban J connectivity index is 1.85. The Morgan fingerprint density at radius 2 is 2.00 bits per heavy atom. The molecule has 2 heterocycles. The lowest BCUT2D eigenvalue weighted by atomic mass is 9.95. The van der Waals surface area contributed by atoms with Gasteiger partial charge in [0.15, 0.2) is 11.5 Å². The molecule has 2 aliphatic heterocycles. The third-order valence-electron chi connectivity index (χ3n) is 4.06. The Bertz CT molecular complexity index is 792. The van der Waals surface area contributed by atoms with Gasteiger partial charge >= 0.3 is 12.0 Å². The average Bonchev–Trinajstić information content (AvgIpc) is 3.04. The SMILES string of the molecule is CC1=C(C(=O)OCCOC(C)C)C(c2cc3c(cc2Br)OCO3)NC(=O)N1. The number of fused-ring (bicyclic) bond motifs is 1. The molecule has 1 atom stereocenters. The monoisotopic (exact) mass is 440 g/mol. The highest BCUT2D eigenvalue weighted by Gasteiger charge is 2.34. The lowest BCUT2D eigenvalue weighted by Crippen LogP contribution is -2.45. The maximum absolute atomic E-state index is 12.7. The van der Waals surface area contributed by atoms with Gasteiger partial charge in [-0.3, -0.25) is 0 Å². The Hall–Kier alpha value is -2.26. The second-order valence-corrected chi connectivity index (χ2v) is 7.21. The zero-order valence-corrected chi connectivity index (χ0v) is 16.8. The molecule has 0 bridgehead atoms. The van der Waals surface area contributed by atoms with Crippen molar-refractivity contribution >= 4 is 27.9 Å². The molecule has 0 fully saturated rings. The molecule has 2 N–H and O–H groups in total. The van der Waals surface area contributed by atoms with Crippen LogP contribution in [-0.4, -0.2) is 38.1 Å². The number of hydrogen-bond donors (Lipinski definition) is 2. The molecule has 0 aliphatic carbocycles. The summed E-state index contributed by atoms with van der Waals surface area (Å²) in [6.07, 6.45) is 0.0534. The Kier molecular flexibility index (Phi) is 5.91. The van der Waals surface area contributed by atoms with Crippen molar-refractivity contribution in [1.82, 2.24) is 10.6 Å². The van der Waals surface area contributed by atoms with Crippen LogP contribution in [0, 0.1) is 0 Å². The van der Waals surface area contributed by atoms with Crippen LogP contribution in [0.4, 0.5) is 4.79 Å². The summed E-state index contributed by atoms with van der Waals surface area (Å²) in [6, 6.07) is 2.40. The van der Waals surface area contributed by atoms with Gasteiger partial charge in [0.25, 0.3) is 0 Å². The Morgan fingerprint density at radius 3 is 2.70 bits per heavy atom. The van der Waals surface area contributed by atoms with Crippen molar-refractivity contribution in [3.63, 3.8) is 0 Å². The van der Waals surface area contributed by atoms with Gasteiger partial charge < -0.3 is 29.6 Å². The highest BCUT2D eigenvalue weighted by Crippen LogP contribution is 2.41. The maximum Gasteiger partial charge on any atom is 0.338 e. The van der Waals surface area contributed by atoms with Gasteiger partial charge in [-0.2, -0.15) is 0 Å². The second-order valence-electron chi connectivity index (χ2n) is 6.35. The molecular formula is C18H21BrN2O6. The summed E-state index contributed by atoms with van der Waals surface area (Å²) in [5, 5.41) is 5.39. The first-order valence-electron chi connectivity index (χ1n) is 8.53. The summed E-state index contributed by atoms with van der Waals surface area (Å²) >= 11 is 3.48. The van der Waals surface area contributed by atoms with Crippen LogP contribution < -0.4 is 20.1 Å². The van der Waals surface area contributed by atoms with Crippen LogP contribution in [0.15, 0.2) is 27.9 Å². The zero-order valence-electron chi connectivity index (χ0n) is 15.3. The number of esters is 1. The van der Waals surface area contributed by atoms with Crippen LogP contribution in [-0.2, 0) is 14.3 Å². The van der Waals surface area contributed by atoms with E-state index in [-0.39, 0.29) is 19.5 Å². The van der Waals surface area contributed by atoms with E-state index in [2.05, 4.69) is 26.6 Å². The third kappa shape index (κ3) is 4.36. The molecule has 8 nitrogen and oxygen atoms in total. The summed E-state index contributed by atoms with van der Waals surface area (Å²) in [5.41, 5.74) is 1.42. The number of allylic oxidation sites excluding steroid dienone is 1. The number of ether oxygens (including phenoxy) is 4. The molecule has 0 saturated carbocycles. The van der Waals surface area contributed by atoms with E-state index in [1.54, 1.807) is 19.1 Å². The number of urea groups is 1. The Labute approximate surface area is 165 Å². The van der Waals surface area contributed by atoms with Gasteiger partial charge in [-0.25, -0.2) is 9.59 Å². The molecule has 2 aliphatic rings.